The maximum absolute atomic E-state index is 12.0. The van der Waals surface area contributed by atoms with Crippen LogP contribution in [-0.2, 0) is 19.1 Å². The van der Waals surface area contributed by atoms with Crippen LogP contribution in [-0.4, -0.2) is 36.7 Å². The van der Waals surface area contributed by atoms with Crippen molar-refractivity contribution in [2.75, 3.05) is 6.61 Å². The second kappa shape index (κ2) is 7.59. The second-order valence-electron chi connectivity index (χ2n) is 3.60. The Morgan fingerprint density at radius 1 is 1.32 bits per heavy atom. The van der Waals surface area contributed by atoms with Gasteiger partial charge in [0.1, 0.15) is 6.04 Å². The summed E-state index contributed by atoms with van der Waals surface area (Å²) in [6.45, 7) is 1.63. The number of carboxylic acid groups (broad SMARTS) is 1. The minimum atomic E-state index is -5.16. The van der Waals surface area contributed by atoms with Gasteiger partial charge in [-0.2, -0.15) is 13.2 Å². The molecule has 0 aromatic carbocycles. The van der Waals surface area contributed by atoms with Crippen LogP contribution >= 0.6 is 0 Å². The molecule has 0 aromatic rings. The molecular formula is C10H13F3NO5-. The molecule has 9 heteroatoms. The molecule has 0 spiro atoms. The van der Waals surface area contributed by atoms with Crippen LogP contribution in [0, 0.1) is 0 Å². The van der Waals surface area contributed by atoms with Crippen molar-refractivity contribution in [2.24, 2.45) is 0 Å². The molecule has 0 aliphatic rings. The molecule has 6 nitrogen and oxygen atoms in total. The summed E-state index contributed by atoms with van der Waals surface area (Å²) in [5.41, 5.74) is 0. The highest BCUT2D eigenvalue weighted by atomic mass is 19.4. The summed E-state index contributed by atoms with van der Waals surface area (Å²) in [6.07, 6.45) is -5.94. The number of halogens is 3. The van der Waals surface area contributed by atoms with Crippen LogP contribution in [0.25, 0.3) is 0 Å². The van der Waals surface area contributed by atoms with E-state index in [4.69, 9.17) is 0 Å². The number of carbonyl (C=O) groups excluding carboxylic acids is 3. The van der Waals surface area contributed by atoms with E-state index in [0.29, 0.717) is 6.42 Å². The van der Waals surface area contributed by atoms with E-state index in [0.717, 1.165) is 0 Å². The van der Waals surface area contributed by atoms with E-state index in [2.05, 4.69) is 4.74 Å². The largest absolute Gasteiger partial charge is 0.550 e. The highest BCUT2D eigenvalue weighted by Crippen LogP contribution is 2.15. The summed E-state index contributed by atoms with van der Waals surface area (Å²) in [5, 5.41) is 11.6. The van der Waals surface area contributed by atoms with Crippen molar-refractivity contribution >= 4 is 17.8 Å². The van der Waals surface area contributed by atoms with Crippen LogP contribution in [0.15, 0.2) is 0 Å². The van der Waals surface area contributed by atoms with E-state index in [1.165, 1.54) is 5.32 Å². The number of hydrogen-bond donors (Lipinski definition) is 1. The van der Waals surface area contributed by atoms with Crippen molar-refractivity contribution in [1.82, 2.24) is 5.32 Å². The number of alkyl halides is 3. The van der Waals surface area contributed by atoms with Crippen LogP contribution in [0.1, 0.15) is 26.2 Å². The predicted octanol–water partition coefficient (Wildman–Crippen LogP) is -0.483. The molecule has 0 radical (unpaired) electrons. The maximum atomic E-state index is 12.0. The number of carboxylic acids is 1. The lowest BCUT2D eigenvalue weighted by atomic mass is 10.1. The number of rotatable bonds is 7. The molecule has 1 atom stereocenters. The molecule has 0 saturated heterocycles. The van der Waals surface area contributed by atoms with E-state index in [9.17, 15) is 32.7 Å². The molecule has 19 heavy (non-hydrogen) atoms. The van der Waals surface area contributed by atoms with Crippen molar-refractivity contribution in [2.45, 2.75) is 38.4 Å². The van der Waals surface area contributed by atoms with Crippen LogP contribution in [0.5, 0.6) is 0 Å². The van der Waals surface area contributed by atoms with Gasteiger partial charge in [-0.15, -0.1) is 0 Å². The lowest BCUT2D eigenvalue weighted by Gasteiger charge is -2.18. The van der Waals surface area contributed by atoms with Gasteiger partial charge in [-0.25, -0.2) is 4.79 Å². The lowest BCUT2D eigenvalue weighted by Crippen LogP contribution is -2.48. The fraction of sp³-hybridized carbons (Fsp3) is 0.700. The molecule has 0 aliphatic heterocycles. The number of ether oxygens (including phenoxy) is 1. The molecule has 0 aromatic heterocycles. The first kappa shape index (κ1) is 17.2. The fourth-order valence-electron chi connectivity index (χ4n) is 1.05. The third-order valence-electron chi connectivity index (χ3n) is 1.93. The van der Waals surface area contributed by atoms with Crippen LogP contribution < -0.4 is 10.4 Å². The lowest BCUT2D eigenvalue weighted by molar-refractivity contribution is -0.305. The second-order valence-corrected chi connectivity index (χ2v) is 3.60. The molecule has 0 bridgehead atoms. The van der Waals surface area contributed by atoms with Gasteiger partial charge in [0.25, 0.3) is 0 Å². The Hall–Kier alpha value is -1.80. The van der Waals surface area contributed by atoms with Gasteiger partial charge in [0.05, 0.1) is 6.61 Å². The molecule has 0 aliphatic carbocycles. The van der Waals surface area contributed by atoms with Crippen molar-refractivity contribution < 1.29 is 37.4 Å². The summed E-state index contributed by atoms with van der Waals surface area (Å²) in [7, 11) is 0. The Kier molecular flexibility index (Phi) is 6.87. The average Bonchev–Trinajstić information content (AvgIpc) is 2.29. The Balaban J connectivity index is 4.62. The zero-order chi connectivity index (χ0) is 15.1. The summed E-state index contributed by atoms with van der Waals surface area (Å²) in [6, 6.07) is -1.67. The number of carbonyl (C=O) groups is 3. The monoisotopic (exact) mass is 284 g/mol. The standard InChI is InChI=1S/C10H14F3NO5/c1-2-5-19-8(17)6(3-4-7(15)16)14-9(18)10(11,12)13/h6H,2-5H2,1H3,(H,14,18)(H,15,16)/p-1. The Labute approximate surface area is 106 Å². The molecule has 0 rings (SSSR count). The number of hydrogen-bond acceptors (Lipinski definition) is 5. The van der Waals surface area contributed by atoms with E-state index in [1.54, 1.807) is 6.92 Å². The smallest absolute Gasteiger partial charge is 0.471 e. The van der Waals surface area contributed by atoms with Crippen LogP contribution in [0.3, 0.4) is 0 Å². The summed E-state index contributed by atoms with van der Waals surface area (Å²) < 4.78 is 40.7. The number of esters is 1. The summed E-state index contributed by atoms with van der Waals surface area (Å²) in [5.74, 6) is -4.99. The summed E-state index contributed by atoms with van der Waals surface area (Å²) in [4.78, 5) is 32.3. The van der Waals surface area contributed by atoms with Gasteiger partial charge >= 0.3 is 18.1 Å². The van der Waals surface area contributed by atoms with E-state index in [1.807, 2.05) is 0 Å². The van der Waals surface area contributed by atoms with Gasteiger partial charge in [0, 0.05) is 5.97 Å². The van der Waals surface area contributed by atoms with Gasteiger partial charge in [0.2, 0.25) is 0 Å². The minimum absolute atomic E-state index is 0.0391. The average molecular weight is 284 g/mol. The summed E-state index contributed by atoms with van der Waals surface area (Å²) >= 11 is 0. The molecule has 1 N–H and O–H groups in total. The van der Waals surface area contributed by atoms with E-state index in [-0.39, 0.29) is 6.61 Å². The van der Waals surface area contributed by atoms with Gasteiger partial charge in [-0.05, 0) is 19.3 Å². The van der Waals surface area contributed by atoms with Crippen LogP contribution in [0.2, 0.25) is 0 Å². The zero-order valence-corrected chi connectivity index (χ0v) is 10.1. The fourth-order valence-corrected chi connectivity index (χ4v) is 1.05. The predicted molar refractivity (Wildman–Crippen MR) is 53.5 cm³/mol. The molecule has 1 unspecified atom stereocenters. The van der Waals surface area contributed by atoms with Crippen LogP contribution in [0.4, 0.5) is 13.2 Å². The third kappa shape index (κ3) is 7.27. The Bertz CT molecular complexity index is 343. The van der Waals surface area contributed by atoms with Gasteiger partial charge in [-0.3, -0.25) is 4.79 Å². The van der Waals surface area contributed by atoms with Gasteiger partial charge < -0.3 is 20.0 Å². The van der Waals surface area contributed by atoms with Crippen molar-refractivity contribution in [3.05, 3.63) is 0 Å². The minimum Gasteiger partial charge on any atom is -0.550 e. The normalized spacial score (nSPS) is 12.6. The third-order valence-corrected chi connectivity index (χ3v) is 1.93. The first-order valence-corrected chi connectivity index (χ1v) is 5.42. The first-order valence-electron chi connectivity index (χ1n) is 5.42. The Morgan fingerprint density at radius 3 is 2.32 bits per heavy atom. The highest BCUT2D eigenvalue weighted by molar-refractivity contribution is 5.87. The molecule has 0 saturated carbocycles. The molecule has 0 fully saturated rings. The molecular weight excluding hydrogens is 271 g/mol. The molecule has 0 heterocycles. The van der Waals surface area contributed by atoms with Crippen molar-refractivity contribution in [3.8, 4) is 0 Å². The zero-order valence-electron chi connectivity index (χ0n) is 10.1. The van der Waals surface area contributed by atoms with Gasteiger partial charge in [0.15, 0.2) is 0 Å². The Morgan fingerprint density at radius 2 is 1.89 bits per heavy atom. The van der Waals surface area contributed by atoms with Gasteiger partial charge in [-0.1, -0.05) is 6.92 Å². The SMILES string of the molecule is CCCOC(=O)C(CCC(=O)[O-])NC(=O)C(F)(F)F. The van der Waals surface area contributed by atoms with Crippen molar-refractivity contribution in [1.29, 1.82) is 0 Å². The molecule has 110 valence electrons. The number of nitrogens with one attached hydrogen (secondary N) is 1. The number of aliphatic carboxylic acids is 1. The van der Waals surface area contributed by atoms with Crippen molar-refractivity contribution in [3.63, 3.8) is 0 Å². The number of amides is 1. The van der Waals surface area contributed by atoms with E-state index >= 15 is 0 Å². The molecule has 1 amide bonds. The van der Waals surface area contributed by atoms with E-state index < -0.39 is 42.9 Å². The topological polar surface area (TPSA) is 95.5 Å². The maximum Gasteiger partial charge on any atom is 0.471 e. The first-order chi connectivity index (χ1) is 8.68. The quantitative estimate of drug-likeness (QED) is 0.637. The highest BCUT2D eigenvalue weighted by Gasteiger charge is 2.40.